The summed E-state index contributed by atoms with van der Waals surface area (Å²) in [6.07, 6.45) is 0.737. The molecule has 0 aliphatic carbocycles. The van der Waals surface area contributed by atoms with E-state index in [2.05, 4.69) is 10.6 Å². The number of carboxylic acid groups (broad SMARTS) is 1. The van der Waals surface area contributed by atoms with Gasteiger partial charge < -0.3 is 34.9 Å². The number of ketones is 1. The number of benzene rings is 2. The summed E-state index contributed by atoms with van der Waals surface area (Å²) >= 11 is 0. The van der Waals surface area contributed by atoms with E-state index in [4.69, 9.17) is 9.47 Å². The Morgan fingerprint density at radius 3 is 2.37 bits per heavy atom. The minimum absolute atomic E-state index is 0. The molecule has 178 valence electrons. The third kappa shape index (κ3) is 7.32. The second-order valence-corrected chi connectivity index (χ2v) is 7.61. The Morgan fingerprint density at radius 1 is 1.09 bits per heavy atom. The number of amides is 3. The number of allylic oxidation sites excluding steroid dienone is 1. The van der Waals surface area contributed by atoms with Gasteiger partial charge in [0, 0.05) is 37.3 Å². The normalized spacial score (nSPS) is 15.9. The third-order valence-electron chi connectivity index (χ3n) is 5.25. The molecule has 2 atom stereocenters. The molecule has 2 aromatic rings. The molecule has 2 aromatic carbocycles. The van der Waals surface area contributed by atoms with Crippen LogP contribution in [0, 0.1) is 0 Å². The number of hydrogen-bond donors (Lipinski definition) is 2. The van der Waals surface area contributed by atoms with Gasteiger partial charge in [-0.15, -0.1) is 0 Å². The van der Waals surface area contributed by atoms with Crippen molar-refractivity contribution in [3.63, 3.8) is 0 Å². The number of nitrogens with zero attached hydrogens (tertiary/aromatic N) is 1. The topological polar surface area (TPSA) is 137 Å². The van der Waals surface area contributed by atoms with Gasteiger partial charge in [0.1, 0.15) is 17.2 Å². The zero-order valence-corrected chi connectivity index (χ0v) is 21.9. The first kappa shape index (κ1) is 27.9. The van der Waals surface area contributed by atoms with Crippen molar-refractivity contribution >= 4 is 23.7 Å². The Kier molecular flexibility index (Phi) is 9.88. The molecule has 0 bridgehead atoms. The smallest absolute Gasteiger partial charge is 0.550 e. The van der Waals surface area contributed by atoms with Gasteiger partial charge in [0.05, 0.1) is 13.2 Å². The molecule has 0 spiro atoms. The summed E-state index contributed by atoms with van der Waals surface area (Å²) in [6.45, 7) is 1.60. The van der Waals surface area contributed by atoms with Crippen LogP contribution in [0.15, 0.2) is 60.3 Å². The Hall–Kier alpha value is -3.34. The van der Waals surface area contributed by atoms with Crippen LogP contribution in [0.1, 0.15) is 24.9 Å². The SMILES string of the molecule is COc1cccc(Oc2ccc([C@H](CC(=O)[O-])NC(=O)NC3C(=O)C=C(C)N(C)C3=O)cc2)c1.[Na+]. The molecule has 10 nitrogen and oxygen atoms in total. The molecule has 2 N–H and O–H groups in total. The van der Waals surface area contributed by atoms with E-state index in [0.29, 0.717) is 28.5 Å². The van der Waals surface area contributed by atoms with Crippen LogP contribution in [0.2, 0.25) is 0 Å². The molecule has 3 amide bonds. The summed E-state index contributed by atoms with van der Waals surface area (Å²) < 4.78 is 10.9. The van der Waals surface area contributed by atoms with Gasteiger partial charge in [-0.05, 0) is 36.8 Å². The minimum Gasteiger partial charge on any atom is -0.550 e. The largest absolute Gasteiger partial charge is 1.00 e. The number of carbonyl (C=O) groups is 4. The summed E-state index contributed by atoms with van der Waals surface area (Å²) in [5.41, 5.74) is 0.922. The predicted octanol–water partition coefficient (Wildman–Crippen LogP) is -1.71. The van der Waals surface area contributed by atoms with Crippen molar-refractivity contribution in [2.75, 3.05) is 14.2 Å². The zero-order valence-electron chi connectivity index (χ0n) is 19.9. The number of rotatable bonds is 8. The predicted molar refractivity (Wildman–Crippen MR) is 119 cm³/mol. The van der Waals surface area contributed by atoms with Crippen molar-refractivity contribution in [3.05, 3.63) is 65.9 Å². The Bertz CT molecular complexity index is 1130. The van der Waals surface area contributed by atoms with Crippen LogP contribution in [-0.2, 0) is 14.4 Å². The van der Waals surface area contributed by atoms with Crippen LogP contribution in [0.5, 0.6) is 17.2 Å². The Morgan fingerprint density at radius 2 is 1.74 bits per heavy atom. The molecule has 3 rings (SSSR count). The molecule has 1 heterocycles. The maximum Gasteiger partial charge on any atom is 1.00 e. The number of nitrogens with one attached hydrogen (secondary N) is 2. The van der Waals surface area contributed by atoms with Crippen LogP contribution >= 0.6 is 0 Å². The van der Waals surface area contributed by atoms with E-state index in [0.717, 1.165) is 0 Å². The van der Waals surface area contributed by atoms with Crippen molar-refractivity contribution in [2.45, 2.75) is 25.4 Å². The minimum atomic E-state index is -1.39. The van der Waals surface area contributed by atoms with E-state index >= 15 is 0 Å². The average Bonchev–Trinajstić information content (AvgIpc) is 2.80. The fourth-order valence-corrected chi connectivity index (χ4v) is 3.33. The molecule has 0 fully saturated rings. The first-order valence-corrected chi connectivity index (χ1v) is 10.4. The van der Waals surface area contributed by atoms with Crippen molar-refractivity contribution in [3.8, 4) is 17.2 Å². The number of carboxylic acids is 1. The second kappa shape index (κ2) is 12.4. The number of aliphatic carboxylic acids is 1. The van der Waals surface area contributed by atoms with Gasteiger partial charge in [-0.3, -0.25) is 9.59 Å². The van der Waals surface area contributed by atoms with Crippen molar-refractivity contribution < 1.29 is 63.3 Å². The monoisotopic (exact) mass is 489 g/mol. The molecular formula is C24H24N3NaO7. The third-order valence-corrected chi connectivity index (χ3v) is 5.25. The number of ether oxygens (including phenoxy) is 2. The van der Waals surface area contributed by atoms with Crippen LogP contribution in [0.25, 0.3) is 0 Å². The summed E-state index contributed by atoms with van der Waals surface area (Å²) in [5, 5.41) is 16.1. The van der Waals surface area contributed by atoms with Gasteiger partial charge in [0.2, 0.25) is 0 Å². The van der Waals surface area contributed by atoms with Crippen LogP contribution in [-0.4, -0.2) is 48.8 Å². The summed E-state index contributed by atoms with van der Waals surface area (Å²) in [5.74, 6) is -0.874. The summed E-state index contributed by atoms with van der Waals surface area (Å²) in [7, 11) is 3.03. The number of methoxy groups -OCH3 is 1. The second-order valence-electron chi connectivity index (χ2n) is 7.61. The molecule has 0 saturated heterocycles. The molecule has 35 heavy (non-hydrogen) atoms. The summed E-state index contributed by atoms with van der Waals surface area (Å²) in [4.78, 5) is 49.5. The van der Waals surface area contributed by atoms with Gasteiger partial charge in [-0.1, -0.05) is 18.2 Å². The maximum atomic E-state index is 12.5. The molecule has 0 radical (unpaired) electrons. The quantitative estimate of drug-likeness (QED) is 0.333. The number of urea groups is 1. The fourth-order valence-electron chi connectivity index (χ4n) is 3.33. The maximum absolute atomic E-state index is 12.5. The van der Waals surface area contributed by atoms with E-state index in [1.54, 1.807) is 62.6 Å². The van der Waals surface area contributed by atoms with E-state index in [9.17, 15) is 24.3 Å². The fraction of sp³-hybridized carbons (Fsp3) is 0.250. The van der Waals surface area contributed by atoms with Crippen molar-refractivity contribution in [1.82, 2.24) is 15.5 Å². The Labute approximate surface area is 224 Å². The molecule has 0 aromatic heterocycles. The van der Waals surface area contributed by atoms with Gasteiger partial charge in [0.25, 0.3) is 5.91 Å². The van der Waals surface area contributed by atoms with Gasteiger partial charge >= 0.3 is 35.6 Å². The van der Waals surface area contributed by atoms with E-state index in [-0.39, 0.29) is 29.6 Å². The molecular weight excluding hydrogens is 465 g/mol. The molecule has 1 aliphatic heterocycles. The van der Waals surface area contributed by atoms with Crippen LogP contribution < -0.4 is 54.8 Å². The van der Waals surface area contributed by atoms with Crippen LogP contribution in [0.4, 0.5) is 4.79 Å². The standard InChI is InChI=1S/C24H25N3O7.Na/c1-14-11-20(28)22(23(31)27(14)2)26-24(32)25-19(13-21(29)30)15-7-9-16(10-8-15)34-18-6-4-5-17(12-18)33-3;/h4-12,19,22H,13H2,1-3H3,(H,29,30)(H2,25,26,32);/q;+1/p-1/t19-,22?;/m0./s1. The number of carbonyl (C=O) groups excluding carboxylic acids is 4. The molecule has 1 aliphatic rings. The molecule has 11 heteroatoms. The van der Waals surface area contributed by atoms with E-state index < -0.39 is 42.2 Å². The van der Waals surface area contributed by atoms with Gasteiger partial charge in [0.15, 0.2) is 11.8 Å². The van der Waals surface area contributed by atoms with Gasteiger partial charge in [-0.2, -0.15) is 0 Å². The van der Waals surface area contributed by atoms with Crippen LogP contribution in [0.3, 0.4) is 0 Å². The summed E-state index contributed by atoms with van der Waals surface area (Å²) in [6, 6.07) is 10.2. The first-order valence-electron chi connectivity index (χ1n) is 10.4. The van der Waals surface area contributed by atoms with E-state index in [1.807, 2.05) is 0 Å². The van der Waals surface area contributed by atoms with Gasteiger partial charge in [-0.25, -0.2) is 4.79 Å². The molecule has 1 unspecified atom stereocenters. The van der Waals surface area contributed by atoms with Crippen molar-refractivity contribution in [2.24, 2.45) is 0 Å². The molecule has 0 saturated carbocycles. The Balaban J connectivity index is 0.00000432. The van der Waals surface area contributed by atoms with Crippen molar-refractivity contribution in [1.29, 1.82) is 0 Å². The van der Waals surface area contributed by atoms with E-state index in [1.165, 1.54) is 18.0 Å². The number of hydrogen-bond acceptors (Lipinski definition) is 7. The average molecular weight is 489 g/mol. The zero-order chi connectivity index (χ0) is 24.8. The number of likely N-dealkylation sites (N-methyl/N-ethyl adjacent to an activating group) is 1. The first-order chi connectivity index (χ1) is 16.2.